The van der Waals surface area contributed by atoms with Crippen molar-refractivity contribution in [2.45, 2.75) is 32.2 Å². The van der Waals surface area contributed by atoms with Gasteiger partial charge in [-0.25, -0.2) is 0 Å². The summed E-state index contributed by atoms with van der Waals surface area (Å²) in [4.78, 5) is 5.30. The molecule has 0 aliphatic carbocycles. The molecular formula is C27H40ClIN4. The lowest BCUT2D eigenvalue weighted by Gasteiger charge is -2.36. The van der Waals surface area contributed by atoms with Crippen molar-refractivity contribution in [2.75, 3.05) is 67.0 Å². The molecule has 1 saturated heterocycles. The van der Waals surface area contributed by atoms with E-state index in [1.54, 1.807) is 0 Å². The second-order valence-corrected chi connectivity index (χ2v) is 10.9. The smallest absolute Gasteiger partial charge is 0.0909 e. The van der Waals surface area contributed by atoms with Crippen LogP contribution in [0.25, 0.3) is 21.8 Å². The molecule has 6 heteroatoms. The minimum Gasteiger partial charge on any atom is -1.00 e. The van der Waals surface area contributed by atoms with Crippen molar-refractivity contribution in [1.29, 1.82) is 0 Å². The molecule has 0 spiro atoms. The maximum atomic E-state index is 6.28. The summed E-state index contributed by atoms with van der Waals surface area (Å²) < 4.78 is 3.54. The maximum absolute atomic E-state index is 6.28. The lowest BCUT2D eigenvalue weighted by Crippen LogP contribution is -3.00. The Morgan fingerprint density at radius 3 is 2.03 bits per heavy atom. The lowest BCUT2D eigenvalue weighted by atomic mass is 10.1. The number of quaternary nitrogens is 1. The van der Waals surface area contributed by atoms with Gasteiger partial charge in [-0.2, -0.15) is 0 Å². The highest BCUT2D eigenvalue weighted by Crippen LogP contribution is 2.31. The third kappa shape index (κ3) is 7.31. The number of piperazine rings is 1. The number of benzene rings is 2. The predicted molar refractivity (Wildman–Crippen MR) is 139 cm³/mol. The summed E-state index contributed by atoms with van der Waals surface area (Å²) in [6.07, 6.45) is 5.17. The standard InChI is InChI=1S/C27H40ClN4.HI/c1-32(2,3)21-20-30-18-16-29(17-19-30)14-8-4-5-9-15-31-26-11-7-6-10-24(26)25-22-23(28)12-13-27(25)31;/h6-7,10-13,22H,4-5,8-9,14-21H2,1-3H3;1H/q+1;/p-1. The molecule has 182 valence electrons. The summed E-state index contributed by atoms with van der Waals surface area (Å²) in [7, 11) is 6.85. The fourth-order valence-electron chi connectivity index (χ4n) is 4.90. The normalized spacial score (nSPS) is 15.9. The van der Waals surface area contributed by atoms with Gasteiger partial charge < -0.3 is 37.9 Å². The number of unbranched alkanes of at least 4 members (excludes halogenated alkanes) is 3. The Bertz CT molecular complexity index is 1020. The number of hydrogen-bond acceptors (Lipinski definition) is 2. The quantitative estimate of drug-likeness (QED) is 0.207. The van der Waals surface area contributed by atoms with Crippen LogP contribution in [0.5, 0.6) is 0 Å². The molecule has 2 aromatic carbocycles. The van der Waals surface area contributed by atoms with E-state index in [2.05, 4.69) is 71.9 Å². The number of nitrogens with zero attached hydrogens (tertiary/aromatic N) is 4. The van der Waals surface area contributed by atoms with Crippen molar-refractivity contribution in [1.82, 2.24) is 14.4 Å². The van der Waals surface area contributed by atoms with Gasteiger partial charge >= 0.3 is 0 Å². The molecule has 4 rings (SSSR count). The second kappa shape index (κ2) is 12.2. The number of likely N-dealkylation sites (N-methyl/N-ethyl adjacent to an activating group) is 1. The summed E-state index contributed by atoms with van der Waals surface area (Å²) in [5, 5.41) is 3.40. The Hall–Kier alpha value is -0.860. The van der Waals surface area contributed by atoms with Crippen LogP contribution in [0, 0.1) is 0 Å². The summed E-state index contributed by atoms with van der Waals surface area (Å²) in [5.74, 6) is 0. The van der Waals surface area contributed by atoms with Crippen LogP contribution in [0.1, 0.15) is 25.7 Å². The highest BCUT2D eigenvalue weighted by atomic mass is 127. The van der Waals surface area contributed by atoms with Crippen LogP contribution in [-0.2, 0) is 6.54 Å². The molecule has 1 aromatic heterocycles. The topological polar surface area (TPSA) is 11.4 Å². The van der Waals surface area contributed by atoms with E-state index in [0.29, 0.717) is 0 Å². The van der Waals surface area contributed by atoms with Crippen LogP contribution in [-0.4, -0.2) is 85.8 Å². The molecule has 0 atom stereocenters. The number of fused-ring (bicyclic) bond motifs is 3. The van der Waals surface area contributed by atoms with Crippen LogP contribution < -0.4 is 24.0 Å². The molecule has 1 fully saturated rings. The van der Waals surface area contributed by atoms with E-state index >= 15 is 0 Å². The highest BCUT2D eigenvalue weighted by molar-refractivity contribution is 6.31. The Kier molecular flexibility index (Phi) is 9.89. The van der Waals surface area contributed by atoms with Crippen LogP contribution in [0.2, 0.25) is 5.02 Å². The van der Waals surface area contributed by atoms with Crippen LogP contribution >= 0.6 is 11.6 Å². The van der Waals surface area contributed by atoms with E-state index < -0.39 is 0 Å². The Balaban J connectivity index is 0.00000306. The van der Waals surface area contributed by atoms with Gasteiger partial charge in [-0.1, -0.05) is 42.6 Å². The molecule has 1 aliphatic heterocycles. The third-order valence-electron chi connectivity index (χ3n) is 6.89. The molecule has 33 heavy (non-hydrogen) atoms. The first-order valence-electron chi connectivity index (χ1n) is 12.3. The van der Waals surface area contributed by atoms with Gasteiger partial charge in [0.2, 0.25) is 0 Å². The van der Waals surface area contributed by atoms with Gasteiger partial charge in [-0.05, 0) is 43.7 Å². The first kappa shape index (κ1) is 26.7. The Morgan fingerprint density at radius 2 is 1.33 bits per heavy atom. The van der Waals surface area contributed by atoms with Gasteiger partial charge in [0.25, 0.3) is 0 Å². The summed E-state index contributed by atoms with van der Waals surface area (Å²) in [6, 6.07) is 15.0. The largest absolute Gasteiger partial charge is 1.00 e. The predicted octanol–water partition coefficient (Wildman–Crippen LogP) is 2.34. The van der Waals surface area contributed by atoms with E-state index in [4.69, 9.17) is 11.6 Å². The molecule has 0 unspecified atom stereocenters. The molecule has 0 radical (unpaired) electrons. The average Bonchev–Trinajstić information content (AvgIpc) is 3.08. The van der Waals surface area contributed by atoms with Gasteiger partial charge in [0.05, 0.1) is 27.7 Å². The average molecular weight is 583 g/mol. The molecular weight excluding hydrogens is 543 g/mol. The number of aryl methyl sites for hydroxylation is 1. The zero-order chi connectivity index (χ0) is 22.6. The van der Waals surface area contributed by atoms with E-state index in [9.17, 15) is 0 Å². The van der Waals surface area contributed by atoms with Crippen molar-refractivity contribution in [3.05, 3.63) is 47.5 Å². The van der Waals surface area contributed by atoms with E-state index in [1.165, 1.54) is 93.3 Å². The van der Waals surface area contributed by atoms with Crippen LogP contribution in [0.4, 0.5) is 0 Å². The van der Waals surface area contributed by atoms with Gasteiger partial charge in [0.1, 0.15) is 0 Å². The minimum absolute atomic E-state index is 0. The van der Waals surface area contributed by atoms with E-state index in [0.717, 1.165) is 16.1 Å². The van der Waals surface area contributed by atoms with Crippen LogP contribution in [0.3, 0.4) is 0 Å². The maximum Gasteiger partial charge on any atom is 0.0909 e. The zero-order valence-corrected chi connectivity index (χ0v) is 23.5. The monoisotopic (exact) mass is 582 g/mol. The fraction of sp³-hybridized carbons (Fsp3) is 0.556. The second-order valence-electron chi connectivity index (χ2n) is 10.4. The fourth-order valence-corrected chi connectivity index (χ4v) is 5.08. The summed E-state index contributed by atoms with van der Waals surface area (Å²) in [6.45, 7) is 9.75. The Labute approximate surface area is 222 Å². The summed E-state index contributed by atoms with van der Waals surface area (Å²) >= 11 is 6.28. The molecule has 2 heterocycles. The van der Waals surface area contributed by atoms with E-state index in [-0.39, 0.29) is 24.0 Å². The lowest BCUT2D eigenvalue weighted by molar-refractivity contribution is -0.869. The van der Waals surface area contributed by atoms with Gasteiger partial charge in [0.15, 0.2) is 0 Å². The van der Waals surface area contributed by atoms with Crippen molar-refractivity contribution >= 4 is 33.4 Å². The highest BCUT2D eigenvalue weighted by Gasteiger charge is 2.18. The van der Waals surface area contributed by atoms with Gasteiger partial charge in [0, 0.05) is 66.1 Å². The number of hydrogen-bond donors (Lipinski definition) is 0. The minimum atomic E-state index is 0. The van der Waals surface area contributed by atoms with Gasteiger partial charge in [-0.3, -0.25) is 4.90 Å². The molecule has 3 aromatic rings. The van der Waals surface area contributed by atoms with Gasteiger partial charge in [-0.15, -0.1) is 0 Å². The number of para-hydroxylation sites is 1. The number of halogens is 2. The number of rotatable bonds is 10. The first-order valence-corrected chi connectivity index (χ1v) is 12.7. The van der Waals surface area contributed by atoms with E-state index in [1.807, 2.05) is 6.07 Å². The zero-order valence-electron chi connectivity index (χ0n) is 20.6. The van der Waals surface area contributed by atoms with Crippen molar-refractivity contribution in [2.24, 2.45) is 0 Å². The van der Waals surface area contributed by atoms with Crippen molar-refractivity contribution in [3.63, 3.8) is 0 Å². The number of aromatic nitrogens is 1. The molecule has 0 saturated carbocycles. The van der Waals surface area contributed by atoms with Crippen LogP contribution in [0.15, 0.2) is 42.5 Å². The third-order valence-corrected chi connectivity index (χ3v) is 7.13. The molecule has 1 aliphatic rings. The molecule has 0 amide bonds. The van der Waals surface area contributed by atoms with Crippen molar-refractivity contribution < 1.29 is 28.5 Å². The summed E-state index contributed by atoms with van der Waals surface area (Å²) in [5.41, 5.74) is 2.63. The molecule has 4 nitrogen and oxygen atoms in total. The Morgan fingerprint density at radius 1 is 0.727 bits per heavy atom. The van der Waals surface area contributed by atoms with Crippen molar-refractivity contribution in [3.8, 4) is 0 Å². The molecule has 0 bridgehead atoms. The first-order chi connectivity index (χ1) is 15.4. The SMILES string of the molecule is C[N+](C)(C)CCN1CCN(CCCCCCn2c3ccccc3c3cc(Cl)ccc32)CC1.[I-]. The molecule has 0 N–H and O–H groups in total.